The summed E-state index contributed by atoms with van der Waals surface area (Å²) in [6.45, 7) is 24.7. The molecule has 0 aromatic heterocycles. The second-order valence-electron chi connectivity index (χ2n) is 6.48. The lowest BCUT2D eigenvalue weighted by atomic mass is 9.91. The third-order valence-electron chi connectivity index (χ3n) is 4.28. The van der Waals surface area contributed by atoms with E-state index < -0.39 is 0 Å². The Kier molecular flexibility index (Phi) is 7.57. The van der Waals surface area contributed by atoms with Crippen LogP contribution in [0.2, 0.25) is 0 Å². The van der Waals surface area contributed by atoms with Crippen molar-refractivity contribution in [1.29, 1.82) is 0 Å². The van der Waals surface area contributed by atoms with Crippen LogP contribution in [-0.2, 0) is 6.42 Å². The van der Waals surface area contributed by atoms with Gasteiger partial charge in [0, 0.05) is 17.5 Å². The molecule has 0 heterocycles. The Hall–Kier alpha value is -2.41. The van der Waals surface area contributed by atoms with E-state index >= 15 is 0 Å². The summed E-state index contributed by atoms with van der Waals surface area (Å²) >= 11 is 0. The van der Waals surface area contributed by atoms with Crippen molar-refractivity contribution in [3.63, 3.8) is 0 Å². The predicted octanol–water partition coefficient (Wildman–Crippen LogP) is 7.18. The number of allylic oxidation sites excluding steroid dienone is 6. The molecule has 1 nitrogen and oxygen atoms in total. The highest BCUT2D eigenvalue weighted by atomic mass is 14.7. The van der Waals surface area contributed by atoms with Crippen LogP contribution in [0.4, 0.5) is 0 Å². The summed E-state index contributed by atoms with van der Waals surface area (Å²) in [5.41, 5.74) is 9.88. The molecule has 0 bridgehead atoms. The highest BCUT2D eigenvalue weighted by molar-refractivity contribution is 5.70. The minimum Gasteiger partial charge on any atom is -0.266 e. The van der Waals surface area contributed by atoms with E-state index in [1.165, 1.54) is 16.7 Å². The molecular weight excluding hydrogens is 302 g/mol. The smallest absolute Gasteiger partial charge is 0.0449 e. The first-order valence-electron chi connectivity index (χ1n) is 8.75. The number of aryl methyl sites for hydroxylation is 1. The van der Waals surface area contributed by atoms with Crippen molar-refractivity contribution in [2.75, 3.05) is 0 Å². The Balaban J connectivity index is 3.36. The average molecular weight is 334 g/mol. The normalized spacial score (nSPS) is 13.0. The Bertz CT molecular complexity index is 782. The molecular formula is C24H31N. The van der Waals surface area contributed by atoms with E-state index in [0.29, 0.717) is 0 Å². The van der Waals surface area contributed by atoms with Gasteiger partial charge in [-0.1, -0.05) is 56.5 Å². The lowest BCUT2D eigenvalue weighted by molar-refractivity contribution is 1.13. The zero-order valence-corrected chi connectivity index (χ0v) is 16.7. The van der Waals surface area contributed by atoms with Crippen molar-refractivity contribution >= 4 is 17.9 Å². The van der Waals surface area contributed by atoms with Crippen molar-refractivity contribution in [2.24, 2.45) is 4.99 Å². The molecule has 1 aromatic rings. The standard InChI is InChI=1S/C24H31N/c1-10-21-15-22(16(3)4)12-13-23(21)14-18(7)19(8)24(17(5)6)20(9)25-11-2/h11-15H,3,5,8,10H2,1-2,4,6-7,9H3/b18-14+,24-20+,25-11-. The fourth-order valence-electron chi connectivity index (χ4n) is 2.88. The maximum Gasteiger partial charge on any atom is 0.0449 e. The van der Waals surface area contributed by atoms with E-state index in [4.69, 9.17) is 0 Å². The van der Waals surface area contributed by atoms with E-state index in [9.17, 15) is 0 Å². The highest BCUT2D eigenvalue weighted by Gasteiger charge is 2.10. The molecule has 1 rings (SSSR count). The topological polar surface area (TPSA) is 12.4 Å². The van der Waals surface area contributed by atoms with Gasteiger partial charge < -0.3 is 0 Å². The highest BCUT2D eigenvalue weighted by Crippen LogP contribution is 2.29. The molecule has 132 valence electrons. The van der Waals surface area contributed by atoms with Crippen molar-refractivity contribution in [1.82, 2.24) is 0 Å². The molecule has 1 heteroatoms. The molecule has 0 aliphatic heterocycles. The molecule has 0 unspecified atom stereocenters. The van der Waals surface area contributed by atoms with E-state index in [0.717, 1.165) is 40.0 Å². The summed E-state index contributed by atoms with van der Waals surface area (Å²) in [6, 6.07) is 6.53. The molecule has 25 heavy (non-hydrogen) atoms. The number of hydrogen-bond donors (Lipinski definition) is 0. The van der Waals surface area contributed by atoms with Gasteiger partial charge in [-0.15, -0.1) is 0 Å². The lowest BCUT2D eigenvalue weighted by Gasteiger charge is -2.15. The van der Waals surface area contributed by atoms with E-state index in [1.54, 1.807) is 6.21 Å². The predicted molar refractivity (Wildman–Crippen MR) is 115 cm³/mol. The van der Waals surface area contributed by atoms with Gasteiger partial charge >= 0.3 is 0 Å². The van der Waals surface area contributed by atoms with Crippen LogP contribution in [0.1, 0.15) is 58.2 Å². The first kappa shape index (κ1) is 20.6. The van der Waals surface area contributed by atoms with Crippen LogP contribution >= 0.6 is 0 Å². The van der Waals surface area contributed by atoms with E-state index in [-0.39, 0.29) is 0 Å². The monoisotopic (exact) mass is 333 g/mol. The second kappa shape index (κ2) is 9.17. The van der Waals surface area contributed by atoms with Crippen molar-refractivity contribution in [2.45, 2.75) is 48.0 Å². The molecule has 0 radical (unpaired) electrons. The Morgan fingerprint density at radius 3 is 2.20 bits per heavy atom. The lowest BCUT2D eigenvalue weighted by Crippen LogP contribution is -1.96. The Morgan fingerprint density at radius 2 is 1.72 bits per heavy atom. The average Bonchev–Trinajstić information content (AvgIpc) is 2.54. The van der Waals surface area contributed by atoms with Crippen molar-refractivity contribution in [3.05, 3.63) is 82.6 Å². The van der Waals surface area contributed by atoms with Crippen LogP contribution in [0.5, 0.6) is 0 Å². The van der Waals surface area contributed by atoms with Gasteiger partial charge in [0.1, 0.15) is 0 Å². The molecule has 0 aliphatic rings. The molecule has 0 aliphatic carbocycles. The number of hydrogen-bond acceptors (Lipinski definition) is 1. The zero-order chi connectivity index (χ0) is 19.1. The fraction of sp³-hybridized carbons (Fsp3) is 0.292. The minimum absolute atomic E-state index is 0.945. The van der Waals surface area contributed by atoms with Gasteiger partial charge in [0.25, 0.3) is 0 Å². The summed E-state index contributed by atoms with van der Waals surface area (Å²) < 4.78 is 0. The number of aliphatic imine (C=N–C) groups is 1. The van der Waals surface area contributed by atoms with Crippen LogP contribution in [0.3, 0.4) is 0 Å². The summed E-state index contributed by atoms with van der Waals surface area (Å²) in [5, 5.41) is 0. The van der Waals surface area contributed by atoms with E-state index in [1.807, 2.05) is 27.7 Å². The van der Waals surface area contributed by atoms with Gasteiger partial charge in [-0.25, -0.2) is 0 Å². The van der Waals surface area contributed by atoms with Gasteiger partial charge in [0.15, 0.2) is 0 Å². The second-order valence-corrected chi connectivity index (χ2v) is 6.48. The molecule has 0 atom stereocenters. The summed E-state index contributed by atoms with van der Waals surface area (Å²) in [7, 11) is 0. The molecule has 0 amide bonds. The summed E-state index contributed by atoms with van der Waals surface area (Å²) in [5.74, 6) is 0. The summed E-state index contributed by atoms with van der Waals surface area (Å²) in [4.78, 5) is 4.42. The third-order valence-corrected chi connectivity index (χ3v) is 4.28. The third kappa shape index (κ3) is 5.29. The zero-order valence-electron chi connectivity index (χ0n) is 16.7. The maximum absolute atomic E-state index is 4.42. The molecule has 0 spiro atoms. The fourth-order valence-corrected chi connectivity index (χ4v) is 2.88. The molecule has 1 aromatic carbocycles. The van der Waals surface area contributed by atoms with Gasteiger partial charge in [0.05, 0.1) is 0 Å². The molecule has 0 saturated carbocycles. The van der Waals surface area contributed by atoms with Crippen LogP contribution < -0.4 is 0 Å². The van der Waals surface area contributed by atoms with Crippen LogP contribution in [-0.4, -0.2) is 6.21 Å². The SMILES string of the molecule is C=C(C)/C(C(=C)/C(C)=C/c1ccc(C(=C)C)cc1CC)=C(C)\N=C/C. The number of benzene rings is 1. The first-order chi connectivity index (χ1) is 11.7. The van der Waals surface area contributed by atoms with Gasteiger partial charge in [0.2, 0.25) is 0 Å². The molecule has 0 N–H and O–H groups in total. The van der Waals surface area contributed by atoms with Crippen molar-refractivity contribution in [3.8, 4) is 0 Å². The molecule has 0 saturated heterocycles. The number of nitrogens with zero attached hydrogens (tertiary/aromatic N) is 1. The quantitative estimate of drug-likeness (QED) is 0.370. The van der Waals surface area contributed by atoms with Crippen molar-refractivity contribution < 1.29 is 0 Å². The Labute approximate surface area is 153 Å². The molecule has 0 fully saturated rings. The van der Waals surface area contributed by atoms with Crippen LogP contribution in [0.25, 0.3) is 11.6 Å². The minimum atomic E-state index is 0.945. The van der Waals surface area contributed by atoms with E-state index in [2.05, 4.69) is 62.9 Å². The summed E-state index contributed by atoms with van der Waals surface area (Å²) in [6.07, 6.45) is 4.99. The van der Waals surface area contributed by atoms with Crippen LogP contribution in [0, 0.1) is 0 Å². The van der Waals surface area contributed by atoms with Gasteiger partial charge in [-0.3, -0.25) is 4.99 Å². The number of rotatable bonds is 7. The van der Waals surface area contributed by atoms with Gasteiger partial charge in [-0.05, 0) is 74.4 Å². The Morgan fingerprint density at radius 1 is 1.08 bits per heavy atom. The van der Waals surface area contributed by atoms with Gasteiger partial charge in [-0.2, -0.15) is 0 Å². The maximum atomic E-state index is 4.42. The first-order valence-corrected chi connectivity index (χ1v) is 8.75. The van der Waals surface area contributed by atoms with Crippen LogP contribution in [0.15, 0.2) is 70.9 Å². The largest absolute Gasteiger partial charge is 0.266 e.